The van der Waals surface area contributed by atoms with Crippen LogP contribution in [0.5, 0.6) is 0 Å². The molecule has 2 aromatic rings. The summed E-state index contributed by atoms with van der Waals surface area (Å²) in [4.78, 5) is 75.7. The number of imide groups is 2. The van der Waals surface area contributed by atoms with E-state index in [0.29, 0.717) is 0 Å². The van der Waals surface area contributed by atoms with Crippen molar-refractivity contribution in [3.63, 3.8) is 0 Å². The Morgan fingerprint density at radius 2 is 1.06 bits per heavy atom. The van der Waals surface area contributed by atoms with E-state index in [2.05, 4.69) is 10.6 Å². The first-order valence-electron chi connectivity index (χ1n) is 10.2. The van der Waals surface area contributed by atoms with Crippen molar-refractivity contribution in [2.75, 3.05) is 19.6 Å². The standard InChI is InChI=1S/C23H20N4O6/c1-13(25-19(29)12-27-22(32)16-8-4-5-9-17(16)23(27)33)10-24-18(28)11-26-20(30)14-6-2-3-7-15(14)21(26)31/h2-9,13H,10-12H2,1H3,(H,24,28)(H,25,29)/t13-/m0/s1. The zero-order valence-corrected chi connectivity index (χ0v) is 17.7. The van der Waals surface area contributed by atoms with Gasteiger partial charge in [-0.2, -0.15) is 0 Å². The molecule has 2 N–H and O–H groups in total. The zero-order chi connectivity index (χ0) is 23.7. The van der Waals surface area contributed by atoms with Gasteiger partial charge in [0, 0.05) is 12.6 Å². The molecule has 1 atom stereocenters. The number of nitrogens with zero attached hydrogens (tertiary/aromatic N) is 2. The highest BCUT2D eigenvalue weighted by Crippen LogP contribution is 2.22. The topological polar surface area (TPSA) is 133 Å². The lowest BCUT2D eigenvalue weighted by Gasteiger charge is -2.19. The fraction of sp³-hybridized carbons (Fsp3) is 0.217. The van der Waals surface area contributed by atoms with Crippen LogP contribution in [0.1, 0.15) is 48.4 Å². The summed E-state index contributed by atoms with van der Waals surface area (Å²) in [6.07, 6.45) is 0. The first-order valence-corrected chi connectivity index (χ1v) is 10.2. The van der Waals surface area contributed by atoms with Crippen molar-refractivity contribution in [3.05, 3.63) is 70.8 Å². The van der Waals surface area contributed by atoms with Crippen LogP contribution in [0.4, 0.5) is 0 Å². The lowest BCUT2D eigenvalue weighted by molar-refractivity contribution is -0.123. The first-order chi connectivity index (χ1) is 15.8. The van der Waals surface area contributed by atoms with Crippen LogP contribution < -0.4 is 10.6 Å². The van der Waals surface area contributed by atoms with Crippen LogP contribution in [-0.2, 0) is 9.59 Å². The van der Waals surface area contributed by atoms with Gasteiger partial charge in [0.25, 0.3) is 23.6 Å². The average molecular weight is 448 g/mol. The molecule has 0 saturated heterocycles. The monoisotopic (exact) mass is 448 g/mol. The third-order valence-corrected chi connectivity index (χ3v) is 5.37. The van der Waals surface area contributed by atoms with Gasteiger partial charge in [-0.3, -0.25) is 38.6 Å². The van der Waals surface area contributed by atoms with E-state index in [1.807, 2.05) is 0 Å². The van der Waals surface area contributed by atoms with Crippen molar-refractivity contribution in [2.45, 2.75) is 13.0 Å². The molecule has 4 rings (SSSR count). The molecule has 0 aliphatic carbocycles. The maximum Gasteiger partial charge on any atom is 0.262 e. The Balaban J connectivity index is 1.25. The van der Waals surface area contributed by atoms with Crippen LogP contribution in [0.25, 0.3) is 0 Å². The second-order valence-electron chi connectivity index (χ2n) is 7.76. The van der Waals surface area contributed by atoms with Crippen molar-refractivity contribution in [1.29, 1.82) is 0 Å². The fourth-order valence-corrected chi connectivity index (χ4v) is 3.75. The van der Waals surface area contributed by atoms with Crippen molar-refractivity contribution >= 4 is 35.4 Å². The third kappa shape index (κ3) is 4.10. The van der Waals surface area contributed by atoms with Gasteiger partial charge in [-0.05, 0) is 31.2 Å². The number of benzene rings is 2. The Morgan fingerprint density at radius 3 is 1.45 bits per heavy atom. The molecule has 0 unspecified atom stereocenters. The molecule has 0 aromatic heterocycles. The molecule has 6 amide bonds. The smallest absolute Gasteiger partial charge is 0.262 e. The van der Waals surface area contributed by atoms with Gasteiger partial charge in [-0.1, -0.05) is 24.3 Å². The van der Waals surface area contributed by atoms with Crippen LogP contribution in [0, 0.1) is 0 Å². The Labute approximate surface area is 188 Å². The molecule has 0 fully saturated rings. The minimum Gasteiger partial charge on any atom is -0.352 e. The first kappa shape index (κ1) is 21.9. The number of rotatable bonds is 7. The van der Waals surface area contributed by atoms with Crippen molar-refractivity contribution in [2.24, 2.45) is 0 Å². The van der Waals surface area contributed by atoms with E-state index in [4.69, 9.17) is 0 Å². The number of hydrogen-bond acceptors (Lipinski definition) is 6. The van der Waals surface area contributed by atoms with Gasteiger partial charge in [0.15, 0.2) is 0 Å². The van der Waals surface area contributed by atoms with E-state index in [0.717, 1.165) is 9.80 Å². The average Bonchev–Trinajstić information content (AvgIpc) is 3.19. The molecule has 2 heterocycles. The summed E-state index contributed by atoms with van der Waals surface area (Å²) in [6.45, 7) is 0.764. The molecule has 10 heteroatoms. The van der Waals surface area contributed by atoms with Crippen LogP contribution in [0.15, 0.2) is 48.5 Å². The molecule has 10 nitrogen and oxygen atoms in total. The minimum absolute atomic E-state index is 0.0237. The summed E-state index contributed by atoms with van der Waals surface area (Å²) in [5, 5.41) is 5.17. The molecule has 2 aliphatic rings. The van der Waals surface area contributed by atoms with Gasteiger partial charge in [0.2, 0.25) is 11.8 Å². The van der Waals surface area contributed by atoms with E-state index in [1.165, 1.54) is 24.3 Å². The number of nitrogens with one attached hydrogen (secondary N) is 2. The second-order valence-corrected chi connectivity index (χ2v) is 7.76. The van der Waals surface area contributed by atoms with Crippen molar-refractivity contribution in [3.8, 4) is 0 Å². The normalized spacial score (nSPS) is 15.4. The number of carbonyl (C=O) groups is 6. The van der Waals surface area contributed by atoms with Gasteiger partial charge in [-0.25, -0.2) is 0 Å². The number of amides is 6. The molecular weight excluding hydrogens is 428 g/mol. The molecule has 168 valence electrons. The summed E-state index contributed by atoms with van der Waals surface area (Å²) in [5.41, 5.74) is 1.01. The highest BCUT2D eigenvalue weighted by molar-refractivity contribution is 6.23. The quantitative estimate of drug-likeness (QED) is 0.582. The Morgan fingerprint density at radius 1 is 0.697 bits per heavy atom. The SMILES string of the molecule is C[C@@H](CNC(=O)CN1C(=O)c2ccccc2C1=O)NC(=O)CN1C(=O)c2ccccc2C1=O. The maximum atomic E-state index is 12.4. The van der Waals surface area contributed by atoms with E-state index < -0.39 is 54.6 Å². The third-order valence-electron chi connectivity index (χ3n) is 5.37. The number of fused-ring (bicyclic) bond motifs is 2. The maximum absolute atomic E-state index is 12.4. The fourth-order valence-electron chi connectivity index (χ4n) is 3.75. The zero-order valence-electron chi connectivity index (χ0n) is 17.7. The number of hydrogen-bond donors (Lipinski definition) is 2. The predicted molar refractivity (Wildman–Crippen MR) is 114 cm³/mol. The summed E-state index contributed by atoms with van der Waals surface area (Å²) in [5.74, 6) is -3.26. The Bertz CT molecular complexity index is 1140. The van der Waals surface area contributed by atoms with Gasteiger partial charge in [-0.15, -0.1) is 0 Å². The predicted octanol–water partition coefficient (Wildman–Crippen LogP) is 0.200. The summed E-state index contributed by atoms with van der Waals surface area (Å²) >= 11 is 0. The van der Waals surface area contributed by atoms with Crippen LogP contribution >= 0.6 is 0 Å². The van der Waals surface area contributed by atoms with Crippen LogP contribution in [-0.4, -0.2) is 70.9 Å². The Kier molecular flexibility index (Phi) is 5.74. The summed E-state index contributed by atoms with van der Waals surface area (Å²) in [6, 6.07) is 12.1. The van der Waals surface area contributed by atoms with E-state index in [-0.39, 0.29) is 28.8 Å². The summed E-state index contributed by atoms with van der Waals surface area (Å²) < 4.78 is 0. The molecule has 33 heavy (non-hydrogen) atoms. The molecule has 2 aliphatic heterocycles. The van der Waals surface area contributed by atoms with E-state index in [1.54, 1.807) is 31.2 Å². The molecular formula is C23H20N4O6. The highest BCUT2D eigenvalue weighted by atomic mass is 16.2. The molecule has 0 saturated carbocycles. The highest BCUT2D eigenvalue weighted by Gasteiger charge is 2.37. The number of carbonyl (C=O) groups excluding carboxylic acids is 6. The molecule has 0 bridgehead atoms. The second kappa shape index (κ2) is 8.65. The van der Waals surface area contributed by atoms with Gasteiger partial charge in [0.05, 0.1) is 22.3 Å². The van der Waals surface area contributed by atoms with E-state index in [9.17, 15) is 28.8 Å². The Hall–Kier alpha value is -4.34. The minimum atomic E-state index is -0.564. The molecule has 2 aromatic carbocycles. The lowest BCUT2D eigenvalue weighted by atomic mass is 10.1. The van der Waals surface area contributed by atoms with Crippen LogP contribution in [0.2, 0.25) is 0 Å². The molecule has 0 spiro atoms. The van der Waals surface area contributed by atoms with Crippen LogP contribution in [0.3, 0.4) is 0 Å². The van der Waals surface area contributed by atoms with Gasteiger partial charge in [0.1, 0.15) is 13.1 Å². The molecule has 0 radical (unpaired) electrons. The van der Waals surface area contributed by atoms with Crippen molar-refractivity contribution in [1.82, 2.24) is 20.4 Å². The summed E-state index contributed by atoms with van der Waals surface area (Å²) in [7, 11) is 0. The van der Waals surface area contributed by atoms with Crippen molar-refractivity contribution < 1.29 is 28.8 Å². The largest absolute Gasteiger partial charge is 0.352 e. The van der Waals surface area contributed by atoms with Gasteiger partial charge < -0.3 is 10.6 Å². The lowest BCUT2D eigenvalue weighted by Crippen LogP contribution is -2.48. The van der Waals surface area contributed by atoms with Gasteiger partial charge >= 0.3 is 0 Å². The van der Waals surface area contributed by atoms with E-state index >= 15 is 0 Å².